The van der Waals surface area contributed by atoms with Crippen molar-refractivity contribution in [1.29, 1.82) is 0 Å². The number of methoxy groups -OCH3 is 2. The first kappa shape index (κ1) is 18.8. The Morgan fingerprint density at radius 3 is 2.59 bits per heavy atom. The Morgan fingerprint density at radius 2 is 1.81 bits per heavy atom. The van der Waals surface area contributed by atoms with Gasteiger partial charge in [0.15, 0.2) is 0 Å². The number of halogens is 1. The molecule has 3 aromatic rings. The van der Waals surface area contributed by atoms with Gasteiger partial charge in [-0.1, -0.05) is 29.8 Å². The van der Waals surface area contributed by atoms with E-state index in [1.807, 2.05) is 43.3 Å². The molecular formula is C20H21ClN4O2. The fourth-order valence-corrected chi connectivity index (χ4v) is 2.76. The number of rotatable bonds is 7. The number of ether oxygens (including phenoxy) is 2. The number of hydrogen-bond donors (Lipinski definition) is 2. The highest BCUT2D eigenvalue weighted by Gasteiger charge is 2.09. The summed E-state index contributed by atoms with van der Waals surface area (Å²) in [6.07, 6.45) is 1.69. The molecule has 0 saturated carbocycles. The highest BCUT2D eigenvalue weighted by molar-refractivity contribution is 6.31. The quantitative estimate of drug-likeness (QED) is 0.609. The summed E-state index contributed by atoms with van der Waals surface area (Å²) in [6.45, 7) is 2.52. The van der Waals surface area contributed by atoms with Gasteiger partial charge in [-0.15, -0.1) is 0 Å². The Kier molecular flexibility index (Phi) is 5.98. The predicted molar refractivity (Wildman–Crippen MR) is 108 cm³/mol. The summed E-state index contributed by atoms with van der Waals surface area (Å²) in [4.78, 5) is 8.78. The molecule has 27 heavy (non-hydrogen) atoms. The summed E-state index contributed by atoms with van der Waals surface area (Å²) in [5, 5.41) is 7.11. The van der Waals surface area contributed by atoms with Gasteiger partial charge in [-0.05, 0) is 30.7 Å². The molecular weight excluding hydrogens is 364 g/mol. The molecule has 1 aromatic heterocycles. The highest BCUT2D eigenvalue weighted by Crippen LogP contribution is 2.32. The maximum Gasteiger partial charge on any atom is 0.229 e. The third kappa shape index (κ3) is 4.60. The van der Waals surface area contributed by atoms with Crippen LogP contribution in [0.5, 0.6) is 11.5 Å². The van der Waals surface area contributed by atoms with Crippen LogP contribution in [0.2, 0.25) is 5.02 Å². The largest absolute Gasteiger partial charge is 0.496 e. The molecule has 0 saturated heterocycles. The van der Waals surface area contributed by atoms with Crippen LogP contribution in [0.25, 0.3) is 0 Å². The van der Waals surface area contributed by atoms with Gasteiger partial charge in [0.1, 0.15) is 17.3 Å². The molecule has 0 spiro atoms. The van der Waals surface area contributed by atoms with Gasteiger partial charge in [0.2, 0.25) is 5.95 Å². The molecule has 2 aromatic carbocycles. The Labute approximate surface area is 163 Å². The molecule has 0 atom stereocenters. The number of para-hydroxylation sites is 1. The van der Waals surface area contributed by atoms with Crippen LogP contribution in [0, 0.1) is 6.92 Å². The van der Waals surface area contributed by atoms with E-state index >= 15 is 0 Å². The van der Waals surface area contributed by atoms with Gasteiger partial charge in [-0.25, -0.2) is 4.98 Å². The molecule has 0 unspecified atom stereocenters. The Bertz CT molecular complexity index is 934. The van der Waals surface area contributed by atoms with Crippen molar-refractivity contribution < 1.29 is 9.47 Å². The first-order valence-electron chi connectivity index (χ1n) is 8.40. The van der Waals surface area contributed by atoms with E-state index in [9.17, 15) is 0 Å². The van der Waals surface area contributed by atoms with Crippen molar-refractivity contribution in [3.63, 3.8) is 0 Å². The zero-order chi connectivity index (χ0) is 19.2. The molecule has 0 fully saturated rings. The average molecular weight is 385 g/mol. The average Bonchev–Trinajstić information content (AvgIpc) is 2.69. The molecule has 0 aliphatic carbocycles. The number of anilines is 3. The van der Waals surface area contributed by atoms with Crippen molar-refractivity contribution in [1.82, 2.24) is 9.97 Å². The molecule has 140 valence electrons. The summed E-state index contributed by atoms with van der Waals surface area (Å²) in [5.74, 6) is 2.61. The van der Waals surface area contributed by atoms with Crippen LogP contribution >= 0.6 is 11.6 Å². The van der Waals surface area contributed by atoms with E-state index in [0.717, 1.165) is 22.6 Å². The number of aromatic nitrogens is 2. The second-order valence-corrected chi connectivity index (χ2v) is 6.26. The molecule has 3 rings (SSSR count). The second-order valence-electron chi connectivity index (χ2n) is 5.86. The summed E-state index contributed by atoms with van der Waals surface area (Å²) in [6, 6.07) is 13.3. The lowest BCUT2D eigenvalue weighted by Crippen LogP contribution is -2.05. The SMILES string of the molecule is COc1ccccc1CNc1ccnc(Nc2cc(C)c(Cl)cc2OC)n1. The standard InChI is InChI=1S/C20H21ClN4O2/c1-13-10-16(18(27-3)11-15(13)21)24-20-22-9-8-19(25-20)23-12-14-6-4-5-7-17(14)26-2/h4-11H,12H2,1-3H3,(H2,22,23,24,25). The monoisotopic (exact) mass is 384 g/mol. The van der Waals surface area contributed by atoms with Gasteiger partial charge < -0.3 is 20.1 Å². The fraction of sp³-hybridized carbons (Fsp3) is 0.200. The van der Waals surface area contributed by atoms with Crippen LogP contribution in [-0.4, -0.2) is 24.2 Å². The van der Waals surface area contributed by atoms with Gasteiger partial charge in [-0.3, -0.25) is 0 Å². The van der Waals surface area contributed by atoms with Crippen LogP contribution in [0.1, 0.15) is 11.1 Å². The van der Waals surface area contributed by atoms with E-state index in [1.165, 1.54) is 0 Å². The minimum absolute atomic E-state index is 0.458. The smallest absolute Gasteiger partial charge is 0.229 e. The van der Waals surface area contributed by atoms with Crippen molar-refractivity contribution >= 4 is 29.1 Å². The van der Waals surface area contributed by atoms with E-state index in [1.54, 1.807) is 26.5 Å². The summed E-state index contributed by atoms with van der Waals surface area (Å²) in [5.41, 5.74) is 2.73. The summed E-state index contributed by atoms with van der Waals surface area (Å²) in [7, 11) is 3.26. The topological polar surface area (TPSA) is 68.3 Å². The zero-order valence-electron chi connectivity index (χ0n) is 15.4. The van der Waals surface area contributed by atoms with Crippen LogP contribution in [0.4, 0.5) is 17.5 Å². The number of aryl methyl sites for hydroxylation is 1. The minimum atomic E-state index is 0.458. The number of nitrogens with one attached hydrogen (secondary N) is 2. The number of benzene rings is 2. The van der Waals surface area contributed by atoms with E-state index in [2.05, 4.69) is 20.6 Å². The van der Waals surface area contributed by atoms with Crippen molar-refractivity contribution in [3.8, 4) is 11.5 Å². The lowest BCUT2D eigenvalue weighted by Gasteiger charge is -2.13. The lowest BCUT2D eigenvalue weighted by atomic mass is 10.2. The van der Waals surface area contributed by atoms with E-state index in [-0.39, 0.29) is 0 Å². The van der Waals surface area contributed by atoms with Crippen LogP contribution in [0.15, 0.2) is 48.7 Å². The summed E-state index contributed by atoms with van der Waals surface area (Å²) >= 11 is 6.16. The normalized spacial score (nSPS) is 10.4. The Hall–Kier alpha value is -2.99. The zero-order valence-corrected chi connectivity index (χ0v) is 16.2. The van der Waals surface area contributed by atoms with Gasteiger partial charge in [0, 0.05) is 29.4 Å². The van der Waals surface area contributed by atoms with Gasteiger partial charge in [0.05, 0.1) is 19.9 Å². The van der Waals surface area contributed by atoms with Crippen molar-refractivity contribution in [2.45, 2.75) is 13.5 Å². The Balaban J connectivity index is 1.75. The van der Waals surface area contributed by atoms with E-state index in [0.29, 0.717) is 29.1 Å². The molecule has 0 radical (unpaired) electrons. The van der Waals surface area contributed by atoms with Crippen molar-refractivity contribution in [2.75, 3.05) is 24.9 Å². The lowest BCUT2D eigenvalue weighted by molar-refractivity contribution is 0.410. The molecule has 0 aliphatic heterocycles. The second kappa shape index (κ2) is 8.60. The van der Waals surface area contributed by atoms with Crippen LogP contribution < -0.4 is 20.1 Å². The molecule has 7 heteroatoms. The highest BCUT2D eigenvalue weighted by atomic mass is 35.5. The van der Waals surface area contributed by atoms with E-state index in [4.69, 9.17) is 21.1 Å². The molecule has 0 aliphatic rings. The van der Waals surface area contributed by atoms with Gasteiger partial charge in [0.25, 0.3) is 0 Å². The third-order valence-corrected chi connectivity index (χ3v) is 4.44. The maximum atomic E-state index is 6.16. The van der Waals surface area contributed by atoms with Crippen LogP contribution in [0.3, 0.4) is 0 Å². The molecule has 0 bridgehead atoms. The van der Waals surface area contributed by atoms with Crippen molar-refractivity contribution in [3.05, 3.63) is 64.8 Å². The first-order chi connectivity index (χ1) is 13.1. The molecule has 6 nitrogen and oxygen atoms in total. The predicted octanol–water partition coefficient (Wildman–Crippen LogP) is 4.81. The van der Waals surface area contributed by atoms with Crippen molar-refractivity contribution in [2.24, 2.45) is 0 Å². The fourth-order valence-electron chi connectivity index (χ4n) is 2.60. The maximum absolute atomic E-state index is 6.16. The molecule has 2 N–H and O–H groups in total. The number of nitrogens with zero attached hydrogens (tertiary/aromatic N) is 2. The number of hydrogen-bond acceptors (Lipinski definition) is 6. The van der Waals surface area contributed by atoms with Gasteiger partial charge in [-0.2, -0.15) is 4.98 Å². The third-order valence-electron chi connectivity index (χ3n) is 4.04. The Morgan fingerprint density at radius 1 is 1.04 bits per heavy atom. The molecule has 1 heterocycles. The van der Waals surface area contributed by atoms with Gasteiger partial charge >= 0.3 is 0 Å². The van der Waals surface area contributed by atoms with E-state index < -0.39 is 0 Å². The van der Waals surface area contributed by atoms with Crippen LogP contribution in [-0.2, 0) is 6.54 Å². The summed E-state index contributed by atoms with van der Waals surface area (Å²) < 4.78 is 10.8. The molecule has 0 amide bonds. The minimum Gasteiger partial charge on any atom is -0.496 e. The first-order valence-corrected chi connectivity index (χ1v) is 8.78.